The van der Waals surface area contributed by atoms with Crippen molar-refractivity contribution in [2.24, 2.45) is 5.92 Å². The van der Waals surface area contributed by atoms with Crippen molar-refractivity contribution in [3.05, 3.63) is 105 Å². The predicted octanol–water partition coefficient (Wildman–Crippen LogP) is 3.43. The molecular formula is C23H17N2O4-. The van der Waals surface area contributed by atoms with Crippen LogP contribution in [0.4, 0.5) is 11.4 Å². The second-order valence-electron chi connectivity index (χ2n) is 7.60. The van der Waals surface area contributed by atoms with Crippen LogP contribution >= 0.6 is 0 Å². The molecule has 3 aromatic carbocycles. The van der Waals surface area contributed by atoms with Gasteiger partial charge in [-0.2, -0.15) is 0 Å². The summed E-state index contributed by atoms with van der Waals surface area (Å²) in [6.45, 7) is 0. The van der Waals surface area contributed by atoms with Crippen LogP contribution in [0.1, 0.15) is 44.6 Å². The molecule has 5 rings (SSSR count). The van der Waals surface area contributed by atoms with Crippen LogP contribution in [0.3, 0.4) is 0 Å². The van der Waals surface area contributed by atoms with E-state index in [0.29, 0.717) is 0 Å². The molecule has 0 spiro atoms. The van der Waals surface area contributed by atoms with Crippen molar-refractivity contribution in [3.8, 4) is 0 Å². The third-order valence-corrected chi connectivity index (χ3v) is 6.10. The number of carboxylic acids is 1. The summed E-state index contributed by atoms with van der Waals surface area (Å²) < 4.78 is 0. The Balaban J connectivity index is 1.64. The zero-order chi connectivity index (χ0) is 20.1. The SMILES string of the molecule is O=C([O-])c1ccc([C@@H]2Nc3ccc([N+](=O)[O-])cc3[C@@H]3c4ccccc4C[C@@H]32)cc1. The van der Waals surface area contributed by atoms with E-state index in [1.807, 2.05) is 24.3 Å². The van der Waals surface area contributed by atoms with E-state index in [0.717, 1.165) is 23.2 Å². The Morgan fingerprint density at radius 2 is 1.76 bits per heavy atom. The Labute approximate surface area is 167 Å². The summed E-state index contributed by atoms with van der Waals surface area (Å²) in [5.74, 6) is -0.971. The topological polar surface area (TPSA) is 95.3 Å². The number of non-ortho nitro benzene ring substituents is 1. The second-order valence-corrected chi connectivity index (χ2v) is 7.60. The number of nitro benzene ring substituents is 1. The van der Waals surface area contributed by atoms with E-state index in [1.165, 1.54) is 17.2 Å². The summed E-state index contributed by atoms with van der Waals surface area (Å²) in [4.78, 5) is 22.1. The van der Waals surface area contributed by atoms with E-state index in [1.54, 1.807) is 24.3 Å². The second kappa shape index (κ2) is 6.44. The van der Waals surface area contributed by atoms with E-state index in [-0.39, 0.29) is 34.1 Å². The van der Waals surface area contributed by atoms with Gasteiger partial charge in [-0.3, -0.25) is 10.1 Å². The summed E-state index contributed by atoms with van der Waals surface area (Å²) in [6.07, 6.45) is 0.850. The van der Waals surface area contributed by atoms with Crippen molar-refractivity contribution in [2.75, 3.05) is 5.32 Å². The lowest BCUT2D eigenvalue weighted by Gasteiger charge is -2.38. The fourth-order valence-electron chi connectivity index (χ4n) is 4.82. The Hall–Kier alpha value is -3.67. The lowest BCUT2D eigenvalue weighted by Crippen LogP contribution is -2.30. The van der Waals surface area contributed by atoms with Gasteiger partial charge in [-0.15, -0.1) is 0 Å². The predicted molar refractivity (Wildman–Crippen MR) is 106 cm³/mol. The van der Waals surface area contributed by atoms with Gasteiger partial charge in [0, 0.05) is 23.7 Å². The molecule has 144 valence electrons. The maximum atomic E-state index is 11.3. The number of carbonyl (C=O) groups is 1. The molecule has 0 amide bonds. The van der Waals surface area contributed by atoms with Gasteiger partial charge in [-0.05, 0) is 46.2 Å². The molecule has 0 radical (unpaired) electrons. The summed E-state index contributed by atoms with van der Waals surface area (Å²) in [5.41, 5.74) is 5.50. The van der Waals surface area contributed by atoms with Crippen molar-refractivity contribution < 1.29 is 14.8 Å². The quantitative estimate of drug-likeness (QED) is 0.550. The van der Waals surface area contributed by atoms with Gasteiger partial charge in [0.05, 0.1) is 16.9 Å². The number of aromatic carboxylic acids is 1. The number of hydrogen-bond acceptors (Lipinski definition) is 5. The van der Waals surface area contributed by atoms with Crippen LogP contribution in [-0.4, -0.2) is 10.9 Å². The first-order valence-electron chi connectivity index (χ1n) is 9.47. The lowest BCUT2D eigenvalue weighted by atomic mass is 9.75. The van der Waals surface area contributed by atoms with E-state index in [2.05, 4.69) is 17.4 Å². The van der Waals surface area contributed by atoms with Crippen molar-refractivity contribution in [1.82, 2.24) is 0 Å². The van der Waals surface area contributed by atoms with Crippen LogP contribution < -0.4 is 10.4 Å². The van der Waals surface area contributed by atoms with Crippen molar-refractivity contribution in [3.63, 3.8) is 0 Å². The van der Waals surface area contributed by atoms with Crippen molar-refractivity contribution in [1.29, 1.82) is 0 Å². The van der Waals surface area contributed by atoms with E-state index in [9.17, 15) is 20.0 Å². The highest BCUT2D eigenvalue weighted by molar-refractivity contribution is 5.85. The molecule has 29 heavy (non-hydrogen) atoms. The van der Waals surface area contributed by atoms with E-state index in [4.69, 9.17) is 0 Å². The van der Waals surface area contributed by atoms with Gasteiger partial charge >= 0.3 is 0 Å². The molecule has 0 fully saturated rings. The minimum Gasteiger partial charge on any atom is -0.545 e. The molecule has 3 atom stereocenters. The van der Waals surface area contributed by atoms with Crippen LogP contribution in [0.2, 0.25) is 0 Å². The Morgan fingerprint density at radius 1 is 1.00 bits per heavy atom. The number of carboxylic acid groups (broad SMARTS) is 1. The monoisotopic (exact) mass is 385 g/mol. The molecule has 0 bridgehead atoms. The van der Waals surface area contributed by atoms with Crippen molar-refractivity contribution >= 4 is 17.3 Å². The van der Waals surface area contributed by atoms with Gasteiger partial charge < -0.3 is 15.2 Å². The first-order valence-corrected chi connectivity index (χ1v) is 9.47. The normalized spacial score (nSPS) is 21.4. The molecular weight excluding hydrogens is 368 g/mol. The smallest absolute Gasteiger partial charge is 0.269 e. The van der Waals surface area contributed by atoms with E-state index >= 15 is 0 Å². The van der Waals surface area contributed by atoms with E-state index < -0.39 is 5.97 Å². The Kier molecular flexibility index (Phi) is 3.87. The lowest BCUT2D eigenvalue weighted by molar-refractivity contribution is -0.384. The van der Waals surface area contributed by atoms with Gasteiger partial charge in [0.25, 0.3) is 5.69 Å². The number of rotatable bonds is 3. The summed E-state index contributed by atoms with van der Waals surface area (Å²) in [7, 11) is 0. The Morgan fingerprint density at radius 3 is 2.48 bits per heavy atom. The number of nitrogens with zero attached hydrogens (tertiary/aromatic N) is 1. The molecule has 1 heterocycles. The average molecular weight is 385 g/mol. The molecule has 0 unspecified atom stereocenters. The van der Waals surface area contributed by atoms with Crippen LogP contribution in [0.15, 0.2) is 66.7 Å². The minimum absolute atomic E-state index is 0.0304. The molecule has 1 N–H and O–H groups in total. The van der Waals surface area contributed by atoms with Crippen LogP contribution in [-0.2, 0) is 6.42 Å². The van der Waals surface area contributed by atoms with Gasteiger partial charge in [-0.1, -0.05) is 48.5 Å². The third-order valence-electron chi connectivity index (χ3n) is 6.10. The highest BCUT2D eigenvalue weighted by Crippen LogP contribution is 2.54. The largest absolute Gasteiger partial charge is 0.545 e. The van der Waals surface area contributed by atoms with Gasteiger partial charge in [0.2, 0.25) is 0 Å². The van der Waals surface area contributed by atoms with Crippen LogP contribution in [0.5, 0.6) is 0 Å². The molecule has 3 aromatic rings. The molecule has 0 saturated heterocycles. The number of benzene rings is 3. The fourth-order valence-corrected chi connectivity index (χ4v) is 4.82. The number of carbonyl (C=O) groups excluding carboxylic acids is 1. The number of fused-ring (bicyclic) bond motifs is 5. The number of anilines is 1. The summed E-state index contributed by atoms with van der Waals surface area (Å²) in [6, 6.07) is 19.9. The van der Waals surface area contributed by atoms with Gasteiger partial charge in [0.15, 0.2) is 0 Å². The van der Waals surface area contributed by atoms with Crippen LogP contribution in [0, 0.1) is 16.0 Å². The average Bonchev–Trinajstić information content (AvgIpc) is 3.12. The standard InChI is InChI=1S/C23H18N2O4/c26-23(27)14-7-5-13(6-8-14)22-19-11-15-3-1-2-4-17(15)21(19)18-12-16(25(28)29)9-10-20(18)24-22/h1-10,12,19,21-22,24H,11H2,(H,26,27)/p-1/t19-,21-,22-/m0/s1. The highest BCUT2D eigenvalue weighted by Gasteiger charge is 2.43. The minimum atomic E-state index is -1.20. The zero-order valence-corrected chi connectivity index (χ0v) is 15.4. The number of nitro groups is 1. The van der Waals surface area contributed by atoms with Gasteiger partial charge in [0.1, 0.15) is 0 Å². The van der Waals surface area contributed by atoms with Crippen molar-refractivity contribution in [2.45, 2.75) is 18.4 Å². The molecule has 0 aromatic heterocycles. The molecule has 6 heteroatoms. The number of nitrogens with one attached hydrogen (secondary N) is 1. The van der Waals surface area contributed by atoms with Crippen LogP contribution in [0.25, 0.3) is 0 Å². The number of hydrogen-bond donors (Lipinski definition) is 1. The third kappa shape index (κ3) is 2.76. The summed E-state index contributed by atoms with van der Waals surface area (Å²) in [5, 5.41) is 26.0. The maximum absolute atomic E-state index is 11.3. The Bertz CT molecular complexity index is 1140. The maximum Gasteiger partial charge on any atom is 0.269 e. The molecule has 1 aliphatic heterocycles. The highest BCUT2D eigenvalue weighted by atomic mass is 16.6. The zero-order valence-electron chi connectivity index (χ0n) is 15.4. The van der Waals surface area contributed by atoms with Gasteiger partial charge in [-0.25, -0.2) is 0 Å². The fraction of sp³-hybridized carbons (Fsp3) is 0.174. The molecule has 2 aliphatic rings. The first kappa shape index (κ1) is 17.4. The molecule has 0 saturated carbocycles. The summed E-state index contributed by atoms with van der Waals surface area (Å²) >= 11 is 0. The molecule has 6 nitrogen and oxygen atoms in total. The molecule has 1 aliphatic carbocycles. The first-order chi connectivity index (χ1) is 14.0.